The number of carbonyl (C=O) groups is 2. The molecule has 0 heterocycles. The Balaban J connectivity index is 1.98. The molecule has 0 saturated heterocycles. The summed E-state index contributed by atoms with van der Waals surface area (Å²) in [6, 6.07) is 10.9. The average Bonchev–Trinajstić information content (AvgIpc) is 2.68. The van der Waals surface area contributed by atoms with Crippen LogP contribution in [0.15, 0.2) is 47.4 Å². The fourth-order valence-electron chi connectivity index (χ4n) is 2.63. The molecule has 0 spiro atoms. The van der Waals surface area contributed by atoms with Gasteiger partial charge in [0, 0.05) is 25.0 Å². The molecule has 2 aromatic rings. The van der Waals surface area contributed by atoms with Crippen LogP contribution in [0, 0.1) is 0 Å². The molecule has 0 aliphatic carbocycles. The summed E-state index contributed by atoms with van der Waals surface area (Å²) in [5.74, 6) is -1.27. The van der Waals surface area contributed by atoms with E-state index in [9.17, 15) is 18.0 Å². The zero-order valence-corrected chi connectivity index (χ0v) is 18.0. The Morgan fingerprint density at radius 3 is 2.24 bits per heavy atom. The Bertz CT molecular complexity index is 986. The summed E-state index contributed by atoms with van der Waals surface area (Å²) in [7, 11) is -3.45. The van der Waals surface area contributed by atoms with E-state index in [0.29, 0.717) is 5.56 Å². The Hall–Kier alpha value is -2.58. The van der Waals surface area contributed by atoms with Gasteiger partial charge >= 0.3 is 5.97 Å². The molecule has 156 valence electrons. The minimum absolute atomic E-state index is 0.0162. The number of anilines is 2. The van der Waals surface area contributed by atoms with Crippen molar-refractivity contribution in [3.63, 3.8) is 0 Å². The van der Waals surface area contributed by atoms with Gasteiger partial charge in [-0.15, -0.1) is 0 Å². The van der Waals surface area contributed by atoms with Gasteiger partial charge < -0.3 is 15.0 Å². The van der Waals surface area contributed by atoms with E-state index in [2.05, 4.69) is 10.2 Å². The summed E-state index contributed by atoms with van der Waals surface area (Å²) in [6.07, 6.45) is 1.05. The van der Waals surface area contributed by atoms with Gasteiger partial charge in [-0.3, -0.25) is 4.79 Å². The first-order chi connectivity index (χ1) is 13.7. The Kier molecular flexibility index (Phi) is 7.64. The van der Waals surface area contributed by atoms with E-state index in [1.807, 2.05) is 26.0 Å². The quantitative estimate of drug-likeness (QED) is 0.635. The van der Waals surface area contributed by atoms with Gasteiger partial charge in [-0.2, -0.15) is 0 Å². The summed E-state index contributed by atoms with van der Waals surface area (Å²) in [6.45, 7) is 5.26. The van der Waals surface area contributed by atoms with Gasteiger partial charge in [-0.1, -0.05) is 11.6 Å². The molecule has 0 radical (unpaired) electrons. The second kappa shape index (κ2) is 9.76. The predicted molar refractivity (Wildman–Crippen MR) is 113 cm³/mol. The Morgan fingerprint density at radius 2 is 1.69 bits per heavy atom. The number of ether oxygens (including phenoxy) is 1. The predicted octanol–water partition coefficient (Wildman–Crippen LogP) is 3.39. The maximum Gasteiger partial charge on any atom is 0.338 e. The number of esters is 1. The Labute approximate surface area is 175 Å². The van der Waals surface area contributed by atoms with Crippen LogP contribution in [-0.4, -0.2) is 46.2 Å². The minimum atomic E-state index is -3.45. The summed E-state index contributed by atoms with van der Waals surface area (Å²) >= 11 is 5.99. The number of hydrogen-bond acceptors (Lipinski definition) is 6. The molecule has 0 unspecified atom stereocenters. The van der Waals surface area contributed by atoms with Crippen LogP contribution >= 0.6 is 11.6 Å². The molecule has 2 aromatic carbocycles. The van der Waals surface area contributed by atoms with E-state index in [-0.39, 0.29) is 15.6 Å². The number of amides is 1. The van der Waals surface area contributed by atoms with Crippen LogP contribution in [0.2, 0.25) is 5.02 Å². The maximum absolute atomic E-state index is 12.2. The summed E-state index contributed by atoms with van der Waals surface area (Å²) in [5, 5.41) is 2.62. The molecule has 0 bridgehead atoms. The number of benzene rings is 2. The molecule has 2 rings (SSSR count). The monoisotopic (exact) mass is 438 g/mol. The van der Waals surface area contributed by atoms with Crippen LogP contribution in [-0.2, 0) is 19.4 Å². The SMILES string of the molecule is CCN(CC)c1ccc(C(=O)OCC(=O)Nc2cc(S(C)(=O)=O)ccc2Cl)cc1. The maximum atomic E-state index is 12.2. The highest BCUT2D eigenvalue weighted by Gasteiger charge is 2.14. The lowest BCUT2D eigenvalue weighted by molar-refractivity contribution is -0.119. The molecule has 0 atom stereocenters. The number of hydrogen-bond donors (Lipinski definition) is 1. The van der Waals surface area contributed by atoms with Gasteiger partial charge in [0.1, 0.15) is 0 Å². The smallest absolute Gasteiger partial charge is 0.338 e. The van der Waals surface area contributed by atoms with Crippen molar-refractivity contribution in [1.29, 1.82) is 0 Å². The van der Waals surface area contributed by atoms with Crippen LogP contribution in [0.1, 0.15) is 24.2 Å². The number of rotatable bonds is 8. The average molecular weight is 439 g/mol. The third-order valence-corrected chi connectivity index (χ3v) is 5.65. The lowest BCUT2D eigenvalue weighted by atomic mass is 10.2. The van der Waals surface area contributed by atoms with Gasteiger partial charge in [-0.05, 0) is 56.3 Å². The molecule has 0 fully saturated rings. The molecule has 9 heteroatoms. The van der Waals surface area contributed by atoms with Crippen LogP contribution in [0.3, 0.4) is 0 Å². The molecule has 0 aromatic heterocycles. The van der Waals surface area contributed by atoms with Crippen molar-refractivity contribution in [2.45, 2.75) is 18.7 Å². The van der Waals surface area contributed by atoms with Crippen LogP contribution in [0.25, 0.3) is 0 Å². The number of sulfone groups is 1. The zero-order chi connectivity index (χ0) is 21.6. The van der Waals surface area contributed by atoms with Gasteiger partial charge in [0.25, 0.3) is 5.91 Å². The van der Waals surface area contributed by atoms with Gasteiger partial charge in [0.2, 0.25) is 0 Å². The molecule has 0 aliphatic heterocycles. The van der Waals surface area contributed by atoms with Crippen LogP contribution < -0.4 is 10.2 Å². The molecular weight excluding hydrogens is 416 g/mol. The van der Waals surface area contributed by atoms with E-state index in [4.69, 9.17) is 16.3 Å². The van der Waals surface area contributed by atoms with Crippen molar-refractivity contribution in [2.75, 3.05) is 36.2 Å². The number of nitrogens with one attached hydrogen (secondary N) is 1. The highest BCUT2D eigenvalue weighted by molar-refractivity contribution is 7.90. The highest BCUT2D eigenvalue weighted by atomic mass is 35.5. The van der Waals surface area contributed by atoms with Crippen LogP contribution in [0.5, 0.6) is 0 Å². The summed E-state index contributed by atoms with van der Waals surface area (Å²) in [5.41, 5.74) is 1.44. The molecule has 29 heavy (non-hydrogen) atoms. The standard InChI is InChI=1S/C20H23ClN2O5S/c1-4-23(5-2)15-8-6-14(7-9-15)20(25)28-13-19(24)22-18-12-16(29(3,26)27)10-11-17(18)21/h6-12H,4-5,13H2,1-3H3,(H,22,24). The van der Waals surface area contributed by atoms with Gasteiger partial charge in [-0.25, -0.2) is 13.2 Å². The largest absolute Gasteiger partial charge is 0.452 e. The molecule has 1 amide bonds. The van der Waals surface area contributed by atoms with Gasteiger partial charge in [0.05, 0.1) is 21.2 Å². The number of carbonyl (C=O) groups excluding carboxylic acids is 2. The molecule has 0 saturated carbocycles. The first-order valence-electron chi connectivity index (χ1n) is 8.97. The third kappa shape index (κ3) is 6.20. The van der Waals surface area contributed by atoms with Crippen molar-refractivity contribution in [1.82, 2.24) is 0 Å². The van der Waals surface area contributed by atoms with E-state index < -0.39 is 28.3 Å². The molecule has 1 N–H and O–H groups in total. The van der Waals surface area contributed by atoms with E-state index in [1.165, 1.54) is 18.2 Å². The molecule has 0 aliphatic rings. The first-order valence-corrected chi connectivity index (χ1v) is 11.2. The summed E-state index contributed by atoms with van der Waals surface area (Å²) < 4.78 is 28.3. The normalized spacial score (nSPS) is 11.0. The summed E-state index contributed by atoms with van der Waals surface area (Å²) in [4.78, 5) is 26.4. The van der Waals surface area contributed by atoms with Crippen molar-refractivity contribution >= 4 is 44.7 Å². The fraction of sp³-hybridized carbons (Fsp3) is 0.300. The highest BCUT2D eigenvalue weighted by Crippen LogP contribution is 2.25. The van der Waals surface area contributed by atoms with E-state index in [0.717, 1.165) is 25.0 Å². The zero-order valence-electron chi connectivity index (χ0n) is 16.4. The first kappa shape index (κ1) is 22.7. The number of halogens is 1. The minimum Gasteiger partial charge on any atom is -0.452 e. The Morgan fingerprint density at radius 1 is 1.07 bits per heavy atom. The van der Waals surface area contributed by atoms with E-state index >= 15 is 0 Å². The van der Waals surface area contributed by atoms with Gasteiger partial charge in [0.15, 0.2) is 16.4 Å². The van der Waals surface area contributed by atoms with E-state index in [1.54, 1.807) is 12.1 Å². The molecule has 7 nitrogen and oxygen atoms in total. The van der Waals surface area contributed by atoms with Crippen molar-refractivity contribution in [3.8, 4) is 0 Å². The van der Waals surface area contributed by atoms with Crippen molar-refractivity contribution in [3.05, 3.63) is 53.1 Å². The van der Waals surface area contributed by atoms with Crippen molar-refractivity contribution in [2.24, 2.45) is 0 Å². The fourth-order valence-corrected chi connectivity index (χ4v) is 3.44. The lowest BCUT2D eigenvalue weighted by Gasteiger charge is -2.20. The van der Waals surface area contributed by atoms with Crippen LogP contribution in [0.4, 0.5) is 11.4 Å². The van der Waals surface area contributed by atoms with Crippen molar-refractivity contribution < 1.29 is 22.7 Å². The third-order valence-electron chi connectivity index (χ3n) is 4.21. The number of nitrogens with zero attached hydrogens (tertiary/aromatic N) is 1. The second-order valence-electron chi connectivity index (χ2n) is 6.26. The second-order valence-corrected chi connectivity index (χ2v) is 8.68. The topological polar surface area (TPSA) is 92.8 Å². The lowest BCUT2D eigenvalue weighted by Crippen LogP contribution is -2.22. The molecular formula is C20H23ClN2O5S.